The minimum Gasteiger partial charge on any atom is -0.323 e. The summed E-state index contributed by atoms with van der Waals surface area (Å²) in [7, 11) is 0. The molecule has 1 aromatic carbocycles. The summed E-state index contributed by atoms with van der Waals surface area (Å²) in [6.07, 6.45) is 3.75. The summed E-state index contributed by atoms with van der Waals surface area (Å²) in [6, 6.07) is 5.28. The number of aryl methyl sites for hydroxylation is 1. The summed E-state index contributed by atoms with van der Waals surface area (Å²) in [4.78, 5) is 0. The van der Waals surface area contributed by atoms with Crippen molar-refractivity contribution in [3.63, 3.8) is 0 Å². The molecule has 0 aromatic heterocycles. The van der Waals surface area contributed by atoms with Gasteiger partial charge in [-0.1, -0.05) is 18.6 Å². The van der Waals surface area contributed by atoms with Crippen molar-refractivity contribution in [3.05, 3.63) is 35.1 Å². The summed E-state index contributed by atoms with van der Waals surface area (Å²) in [6.45, 7) is 1.79. The first kappa shape index (κ1) is 11.9. The first-order valence-corrected chi connectivity index (χ1v) is 6.86. The first-order chi connectivity index (χ1) is 7.68. The van der Waals surface area contributed by atoms with Gasteiger partial charge in [0.05, 0.1) is 0 Å². The van der Waals surface area contributed by atoms with Crippen molar-refractivity contribution in [1.29, 1.82) is 0 Å². The van der Waals surface area contributed by atoms with Gasteiger partial charge in [-0.15, -0.1) is 0 Å². The lowest BCUT2D eigenvalue weighted by molar-refractivity contribution is 0.577. The molecule has 16 heavy (non-hydrogen) atoms. The molecular weight excluding hydrogens is 221 g/mol. The summed E-state index contributed by atoms with van der Waals surface area (Å²) in [5.41, 5.74) is 8.00. The SMILES string of the molecule is Cc1cc(C(N)C2CCCCS2)ccc1F. The highest BCUT2D eigenvalue weighted by Gasteiger charge is 2.22. The molecule has 2 atom stereocenters. The van der Waals surface area contributed by atoms with Crippen molar-refractivity contribution in [1.82, 2.24) is 0 Å². The van der Waals surface area contributed by atoms with Gasteiger partial charge in [0.25, 0.3) is 0 Å². The molecule has 1 saturated heterocycles. The Morgan fingerprint density at radius 3 is 2.88 bits per heavy atom. The Balaban J connectivity index is 2.12. The molecule has 88 valence electrons. The first-order valence-electron chi connectivity index (χ1n) is 5.81. The van der Waals surface area contributed by atoms with Crippen molar-refractivity contribution in [2.75, 3.05) is 5.75 Å². The van der Waals surface area contributed by atoms with Gasteiger partial charge in [-0.2, -0.15) is 11.8 Å². The van der Waals surface area contributed by atoms with Crippen molar-refractivity contribution in [2.24, 2.45) is 5.73 Å². The van der Waals surface area contributed by atoms with Gasteiger partial charge in [-0.25, -0.2) is 4.39 Å². The van der Waals surface area contributed by atoms with Crippen molar-refractivity contribution in [2.45, 2.75) is 37.5 Å². The quantitative estimate of drug-likeness (QED) is 0.855. The molecule has 0 amide bonds. The Bertz CT molecular complexity index is 361. The van der Waals surface area contributed by atoms with Crippen LogP contribution in [0.4, 0.5) is 4.39 Å². The van der Waals surface area contributed by atoms with E-state index in [0.717, 1.165) is 5.56 Å². The predicted octanol–water partition coefficient (Wildman–Crippen LogP) is 3.42. The zero-order valence-electron chi connectivity index (χ0n) is 9.58. The second-order valence-corrected chi connectivity index (χ2v) is 5.79. The molecule has 0 spiro atoms. The van der Waals surface area contributed by atoms with Gasteiger partial charge in [0, 0.05) is 11.3 Å². The zero-order chi connectivity index (χ0) is 11.5. The van der Waals surface area contributed by atoms with Crippen LogP contribution in [0.25, 0.3) is 0 Å². The van der Waals surface area contributed by atoms with Crippen LogP contribution >= 0.6 is 11.8 Å². The lowest BCUT2D eigenvalue weighted by Crippen LogP contribution is -2.26. The Hall–Kier alpha value is -0.540. The van der Waals surface area contributed by atoms with E-state index in [2.05, 4.69) is 0 Å². The van der Waals surface area contributed by atoms with Crippen LogP contribution in [0.1, 0.15) is 36.4 Å². The predicted molar refractivity (Wildman–Crippen MR) is 68.2 cm³/mol. The van der Waals surface area contributed by atoms with Crippen LogP contribution in [-0.4, -0.2) is 11.0 Å². The Labute approximate surface area is 101 Å². The van der Waals surface area contributed by atoms with E-state index in [0.29, 0.717) is 10.8 Å². The van der Waals surface area contributed by atoms with E-state index in [1.165, 1.54) is 31.1 Å². The second-order valence-electron chi connectivity index (χ2n) is 4.44. The summed E-state index contributed by atoms with van der Waals surface area (Å²) < 4.78 is 13.2. The minimum absolute atomic E-state index is 0.0459. The molecule has 1 aromatic rings. The molecule has 1 aliphatic rings. The maximum Gasteiger partial charge on any atom is 0.126 e. The highest BCUT2D eigenvalue weighted by Crippen LogP contribution is 2.33. The van der Waals surface area contributed by atoms with Gasteiger partial charge < -0.3 is 5.73 Å². The van der Waals surface area contributed by atoms with Crippen LogP contribution in [0, 0.1) is 12.7 Å². The van der Waals surface area contributed by atoms with Gasteiger partial charge >= 0.3 is 0 Å². The highest BCUT2D eigenvalue weighted by molar-refractivity contribution is 8.00. The molecule has 0 bridgehead atoms. The maximum atomic E-state index is 13.2. The fraction of sp³-hybridized carbons (Fsp3) is 0.538. The lowest BCUT2D eigenvalue weighted by Gasteiger charge is -2.27. The summed E-state index contributed by atoms with van der Waals surface area (Å²) >= 11 is 1.96. The molecule has 1 nitrogen and oxygen atoms in total. The normalized spacial score (nSPS) is 23.1. The molecule has 1 fully saturated rings. The van der Waals surface area contributed by atoms with E-state index < -0.39 is 0 Å². The van der Waals surface area contributed by atoms with Crippen molar-refractivity contribution >= 4 is 11.8 Å². The molecule has 1 aliphatic heterocycles. The van der Waals surface area contributed by atoms with Gasteiger partial charge in [0.1, 0.15) is 5.82 Å². The van der Waals surface area contributed by atoms with E-state index in [1.807, 2.05) is 23.9 Å². The van der Waals surface area contributed by atoms with E-state index in [-0.39, 0.29) is 11.9 Å². The second kappa shape index (κ2) is 5.19. The Morgan fingerprint density at radius 1 is 1.44 bits per heavy atom. The van der Waals surface area contributed by atoms with Crippen LogP contribution in [0.2, 0.25) is 0 Å². The number of hydrogen-bond donors (Lipinski definition) is 1. The molecular formula is C13H18FNS. The van der Waals surface area contributed by atoms with E-state index in [9.17, 15) is 4.39 Å². The fourth-order valence-corrected chi connectivity index (χ4v) is 3.51. The third-order valence-corrected chi connectivity index (χ3v) is 4.66. The number of benzene rings is 1. The molecule has 1 heterocycles. The van der Waals surface area contributed by atoms with E-state index in [1.54, 1.807) is 6.92 Å². The monoisotopic (exact) mass is 239 g/mol. The average molecular weight is 239 g/mol. The molecule has 0 aliphatic carbocycles. The van der Waals surface area contributed by atoms with Gasteiger partial charge in [-0.3, -0.25) is 0 Å². The van der Waals surface area contributed by atoms with E-state index in [4.69, 9.17) is 5.73 Å². The van der Waals surface area contributed by atoms with Crippen molar-refractivity contribution < 1.29 is 4.39 Å². The average Bonchev–Trinajstić information content (AvgIpc) is 2.33. The molecule has 0 radical (unpaired) electrons. The topological polar surface area (TPSA) is 26.0 Å². The molecule has 2 rings (SSSR count). The third kappa shape index (κ3) is 2.58. The fourth-order valence-electron chi connectivity index (χ4n) is 2.14. The van der Waals surface area contributed by atoms with Crippen LogP contribution in [0.3, 0.4) is 0 Å². The number of thioether (sulfide) groups is 1. The molecule has 3 heteroatoms. The van der Waals surface area contributed by atoms with Gasteiger partial charge in [-0.05, 0) is 42.7 Å². The lowest BCUT2D eigenvalue weighted by atomic mass is 9.99. The number of halogens is 1. The zero-order valence-corrected chi connectivity index (χ0v) is 10.4. The van der Waals surface area contributed by atoms with Crippen LogP contribution in [0.5, 0.6) is 0 Å². The standard InChI is InChI=1S/C13H18FNS/c1-9-8-10(5-6-11(9)14)13(15)12-4-2-3-7-16-12/h5-6,8,12-13H,2-4,7,15H2,1H3. The third-order valence-electron chi connectivity index (χ3n) is 3.18. The molecule has 2 unspecified atom stereocenters. The molecule has 0 saturated carbocycles. The minimum atomic E-state index is -0.146. The molecule has 2 N–H and O–H groups in total. The van der Waals surface area contributed by atoms with E-state index >= 15 is 0 Å². The van der Waals surface area contributed by atoms with Gasteiger partial charge in [0.15, 0.2) is 0 Å². The largest absolute Gasteiger partial charge is 0.323 e. The number of nitrogens with two attached hydrogens (primary N) is 1. The van der Waals surface area contributed by atoms with Gasteiger partial charge in [0.2, 0.25) is 0 Å². The Morgan fingerprint density at radius 2 is 2.25 bits per heavy atom. The van der Waals surface area contributed by atoms with Crippen LogP contribution in [0.15, 0.2) is 18.2 Å². The summed E-state index contributed by atoms with van der Waals surface area (Å²) in [5.74, 6) is 1.06. The van der Waals surface area contributed by atoms with Crippen LogP contribution < -0.4 is 5.73 Å². The van der Waals surface area contributed by atoms with Crippen LogP contribution in [-0.2, 0) is 0 Å². The maximum absolute atomic E-state index is 13.2. The number of hydrogen-bond acceptors (Lipinski definition) is 2. The van der Waals surface area contributed by atoms with Crippen molar-refractivity contribution in [3.8, 4) is 0 Å². The Kier molecular flexibility index (Phi) is 3.87. The smallest absolute Gasteiger partial charge is 0.126 e. The number of rotatable bonds is 2. The highest BCUT2D eigenvalue weighted by atomic mass is 32.2. The summed E-state index contributed by atoms with van der Waals surface area (Å²) in [5, 5.41) is 0.499.